The Morgan fingerprint density at radius 2 is 2.27 bits per heavy atom. The third-order valence-corrected chi connectivity index (χ3v) is 5.88. The molecular formula is C20H22N4OS. The molecular weight excluding hydrogens is 344 g/mol. The number of thiophene rings is 1. The first-order valence-electron chi connectivity index (χ1n) is 9.00. The van der Waals surface area contributed by atoms with Crippen LogP contribution in [0.15, 0.2) is 48.2 Å². The van der Waals surface area contributed by atoms with Crippen molar-refractivity contribution in [3.63, 3.8) is 0 Å². The highest BCUT2D eigenvalue weighted by atomic mass is 32.1. The predicted molar refractivity (Wildman–Crippen MR) is 105 cm³/mol. The summed E-state index contributed by atoms with van der Waals surface area (Å²) in [6, 6.07) is 8.02. The Bertz CT molecular complexity index is 895. The molecule has 0 spiro atoms. The van der Waals surface area contributed by atoms with E-state index in [1.165, 1.54) is 10.1 Å². The van der Waals surface area contributed by atoms with Crippen molar-refractivity contribution in [1.82, 2.24) is 15.3 Å². The van der Waals surface area contributed by atoms with Gasteiger partial charge in [0.1, 0.15) is 5.82 Å². The second kappa shape index (κ2) is 7.41. The lowest BCUT2D eigenvalue weighted by atomic mass is 9.96. The quantitative estimate of drug-likeness (QED) is 0.763. The molecule has 4 heterocycles. The molecule has 3 aromatic heterocycles. The van der Waals surface area contributed by atoms with Crippen LogP contribution in [0.1, 0.15) is 31.4 Å². The van der Waals surface area contributed by atoms with Crippen LogP contribution in [0.2, 0.25) is 0 Å². The monoisotopic (exact) mass is 366 g/mol. The smallest absolute Gasteiger partial charge is 0.225 e. The Kier molecular flexibility index (Phi) is 4.84. The molecule has 0 unspecified atom stereocenters. The number of hydrogen-bond donors (Lipinski definition) is 1. The zero-order chi connectivity index (χ0) is 17.9. The maximum Gasteiger partial charge on any atom is 0.225 e. The van der Waals surface area contributed by atoms with E-state index in [2.05, 4.69) is 31.6 Å². The van der Waals surface area contributed by atoms with E-state index in [9.17, 15) is 4.79 Å². The Balaban J connectivity index is 1.46. The zero-order valence-corrected chi connectivity index (χ0v) is 15.6. The highest BCUT2D eigenvalue weighted by molar-refractivity contribution is 7.17. The first kappa shape index (κ1) is 17.0. The summed E-state index contributed by atoms with van der Waals surface area (Å²) in [4.78, 5) is 23.8. The number of hydrogen-bond acceptors (Lipinski definition) is 5. The van der Waals surface area contributed by atoms with E-state index >= 15 is 0 Å². The molecule has 0 bridgehead atoms. The van der Waals surface area contributed by atoms with Crippen molar-refractivity contribution in [3.8, 4) is 0 Å². The highest BCUT2D eigenvalue weighted by Gasteiger charge is 2.28. The summed E-state index contributed by atoms with van der Waals surface area (Å²) in [5.74, 6) is 1.10. The van der Waals surface area contributed by atoms with Gasteiger partial charge in [0.05, 0.1) is 12.0 Å². The number of anilines is 1. The van der Waals surface area contributed by atoms with Gasteiger partial charge >= 0.3 is 0 Å². The molecule has 4 rings (SSSR count). The molecule has 0 saturated carbocycles. The Hall–Kier alpha value is -2.47. The molecule has 0 radical (unpaired) electrons. The molecule has 2 atom stereocenters. The van der Waals surface area contributed by atoms with Gasteiger partial charge in [-0.3, -0.25) is 9.78 Å². The average molecular weight is 366 g/mol. The van der Waals surface area contributed by atoms with Crippen LogP contribution < -0.4 is 10.2 Å². The third kappa shape index (κ3) is 3.42. The van der Waals surface area contributed by atoms with E-state index in [0.717, 1.165) is 30.8 Å². The highest BCUT2D eigenvalue weighted by Crippen LogP contribution is 2.31. The number of fused-ring (bicyclic) bond motifs is 1. The number of nitrogens with one attached hydrogen (secondary N) is 1. The lowest BCUT2D eigenvalue weighted by molar-refractivity contribution is -0.125. The summed E-state index contributed by atoms with van der Waals surface area (Å²) in [5.41, 5.74) is 1.03. The van der Waals surface area contributed by atoms with Crippen molar-refractivity contribution in [2.45, 2.75) is 25.8 Å². The molecule has 5 nitrogen and oxygen atoms in total. The first-order chi connectivity index (χ1) is 12.7. The molecule has 0 aliphatic carbocycles. The van der Waals surface area contributed by atoms with Gasteiger partial charge in [-0.05, 0) is 48.9 Å². The van der Waals surface area contributed by atoms with Crippen LogP contribution in [0.4, 0.5) is 5.82 Å². The van der Waals surface area contributed by atoms with Crippen molar-refractivity contribution < 1.29 is 4.79 Å². The van der Waals surface area contributed by atoms with Gasteiger partial charge in [0, 0.05) is 41.8 Å². The lowest BCUT2D eigenvalue weighted by Gasteiger charge is -2.33. The number of rotatable bonds is 4. The summed E-state index contributed by atoms with van der Waals surface area (Å²) < 4.78 is 1.24. The van der Waals surface area contributed by atoms with Crippen LogP contribution in [0.3, 0.4) is 0 Å². The summed E-state index contributed by atoms with van der Waals surface area (Å²) >= 11 is 1.73. The SMILES string of the molecule is C[C@H](NC(=O)[C@@H]1CCCN(c2nccc3sccc23)C1)c1cccnc1. The van der Waals surface area contributed by atoms with Crippen molar-refractivity contribution in [2.24, 2.45) is 5.92 Å². The van der Waals surface area contributed by atoms with Crippen LogP contribution in [-0.2, 0) is 4.79 Å². The van der Waals surface area contributed by atoms with E-state index in [1.54, 1.807) is 23.7 Å². The number of pyridine rings is 2. The van der Waals surface area contributed by atoms with Crippen molar-refractivity contribution in [1.29, 1.82) is 0 Å². The number of carbonyl (C=O) groups is 1. The average Bonchev–Trinajstić information content (AvgIpc) is 3.17. The minimum atomic E-state index is -0.0370. The van der Waals surface area contributed by atoms with Gasteiger partial charge in [-0.2, -0.15) is 0 Å². The Morgan fingerprint density at radius 3 is 3.12 bits per heavy atom. The molecule has 134 valence electrons. The fraction of sp³-hybridized carbons (Fsp3) is 0.350. The van der Waals surface area contributed by atoms with E-state index in [4.69, 9.17) is 0 Å². The molecule has 1 amide bonds. The van der Waals surface area contributed by atoms with Crippen molar-refractivity contribution in [2.75, 3.05) is 18.0 Å². The molecule has 1 saturated heterocycles. The van der Waals surface area contributed by atoms with Crippen molar-refractivity contribution in [3.05, 3.63) is 53.8 Å². The second-order valence-electron chi connectivity index (χ2n) is 6.77. The molecule has 1 aliphatic rings. The van der Waals surface area contributed by atoms with Gasteiger partial charge in [0.15, 0.2) is 0 Å². The van der Waals surface area contributed by atoms with Gasteiger partial charge < -0.3 is 10.2 Å². The molecule has 3 aromatic rings. The second-order valence-corrected chi connectivity index (χ2v) is 7.72. The molecule has 6 heteroatoms. The van der Waals surface area contributed by atoms with Crippen LogP contribution in [0, 0.1) is 5.92 Å². The molecule has 1 N–H and O–H groups in total. The number of aromatic nitrogens is 2. The molecule has 0 aromatic carbocycles. The van der Waals surface area contributed by atoms with E-state index < -0.39 is 0 Å². The minimum Gasteiger partial charge on any atom is -0.355 e. The van der Waals surface area contributed by atoms with Gasteiger partial charge in [-0.25, -0.2) is 4.98 Å². The van der Waals surface area contributed by atoms with Gasteiger partial charge in [-0.1, -0.05) is 6.07 Å². The topological polar surface area (TPSA) is 58.1 Å². The largest absolute Gasteiger partial charge is 0.355 e. The molecule has 1 fully saturated rings. The normalized spacial score (nSPS) is 18.7. The molecule has 26 heavy (non-hydrogen) atoms. The zero-order valence-electron chi connectivity index (χ0n) is 14.8. The van der Waals surface area contributed by atoms with Gasteiger partial charge in [0.25, 0.3) is 0 Å². The van der Waals surface area contributed by atoms with Crippen LogP contribution >= 0.6 is 11.3 Å². The Labute approximate surface area is 157 Å². The van der Waals surface area contributed by atoms with Crippen LogP contribution in [0.5, 0.6) is 0 Å². The standard InChI is InChI=1S/C20H22N4OS/c1-14(15-4-2-8-21-12-15)23-20(25)16-5-3-10-24(13-16)19-17-7-11-26-18(17)6-9-22-19/h2,4,6-9,11-12,14,16H,3,5,10,13H2,1H3,(H,23,25)/t14-,16+/m0/s1. The van der Waals surface area contributed by atoms with Gasteiger partial charge in [-0.15, -0.1) is 11.3 Å². The van der Waals surface area contributed by atoms with Gasteiger partial charge in [0.2, 0.25) is 5.91 Å². The molecule has 1 aliphatic heterocycles. The fourth-order valence-corrected chi connectivity index (χ4v) is 4.34. The predicted octanol–water partition coefficient (Wildman–Crippen LogP) is 3.79. The third-order valence-electron chi connectivity index (χ3n) is 4.99. The van der Waals surface area contributed by atoms with Crippen molar-refractivity contribution >= 4 is 33.1 Å². The van der Waals surface area contributed by atoms with E-state index in [1.807, 2.05) is 31.3 Å². The first-order valence-corrected chi connectivity index (χ1v) is 9.88. The number of piperidine rings is 1. The maximum atomic E-state index is 12.8. The van der Waals surface area contributed by atoms with Crippen LogP contribution in [-0.4, -0.2) is 29.0 Å². The number of nitrogens with zero attached hydrogens (tertiary/aromatic N) is 3. The maximum absolute atomic E-state index is 12.8. The summed E-state index contributed by atoms with van der Waals surface area (Å²) in [5, 5.41) is 6.43. The summed E-state index contributed by atoms with van der Waals surface area (Å²) in [6.07, 6.45) is 7.33. The lowest BCUT2D eigenvalue weighted by Crippen LogP contribution is -2.44. The minimum absolute atomic E-state index is 0.0152. The van der Waals surface area contributed by atoms with E-state index in [-0.39, 0.29) is 17.9 Å². The summed E-state index contributed by atoms with van der Waals surface area (Å²) in [6.45, 7) is 3.67. The number of amides is 1. The summed E-state index contributed by atoms with van der Waals surface area (Å²) in [7, 11) is 0. The van der Waals surface area contributed by atoms with E-state index in [0.29, 0.717) is 6.54 Å². The number of carbonyl (C=O) groups excluding carboxylic acids is 1. The van der Waals surface area contributed by atoms with Crippen LogP contribution in [0.25, 0.3) is 10.1 Å². The Morgan fingerprint density at radius 1 is 1.35 bits per heavy atom. The fourth-order valence-electron chi connectivity index (χ4n) is 3.56.